The lowest BCUT2D eigenvalue weighted by Gasteiger charge is -2.28. The molecule has 3 heteroatoms. The monoisotopic (exact) mass is 201 g/mol. The number of aliphatic hydroxyl groups is 1. The maximum absolute atomic E-state index is 10.0. The lowest BCUT2D eigenvalue weighted by Crippen LogP contribution is -2.41. The van der Waals surface area contributed by atoms with Gasteiger partial charge in [0.15, 0.2) is 0 Å². The van der Waals surface area contributed by atoms with Crippen LogP contribution < -0.4 is 0 Å². The normalized spacial score (nSPS) is 53.5. The SMILES string of the molecule is OC1C2CC3CN(CCCl)C1C3C2. The molecule has 2 aliphatic carbocycles. The van der Waals surface area contributed by atoms with E-state index < -0.39 is 0 Å². The van der Waals surface area contributed by atoms with E-state index in [0.29, 0.717) is 17.8 Å². The average molecular weight is 202 g/mol. The van der Waals surface area contributed by atoms with Crippen LogP contribution in [0.25, 0.3) is 0 Å². The number of alkyl halides is 1. The molecule has 0 aromatic carbocycles. The van der Waals surface area contributed by atoms with Crippen molar-refractivity contribution >= 4 is 11.6 Å². The molecule has 1 saturated heterocycles. The van der Waals surface area contributed by atoms with Crippen molar-refractivity contribution in [2.45, 2.75) is 25.0 Å². The van der Waals surface area contributed by atoms with Gasteiger partial charge in [-0.25, -0.2) is 0 Å². The topological polar surface area (TPSA) is 23.5 Å². The van der Waals surface area contributed by atoms with E-state index in [0.717, 1.165) is 18.4 Å². The molecule has 0 spiro atoms. The van der Waals surface area contributed by atoms with Crippen LogP contribution >= 0.6 is 11.6 Å². The number of nitrogens with zero attached hydrogens (tertiary/aromatic N) is 1. The summed E-state index contributed by atoms with van der Waals surface area (Å²) in [4.78, 5) is 2.42. The highest BCUT2D eigenvalue weighted by Crippen LogP contribution is 2.54. The Balaban J connectivity index is 1.82. The van der Waals surface area contributed by atoms with Crippen LogP contribution in [0.3, 0.4) is 0 Å². The van der Waals surface area contributed by atoms with Crippen molar-refractivity contribution < 1.29 is 5.11 Å². The quantitative estimate of drug-likeness (QED) is 0.672. The second-order valence-electron chi connectivity index (χ2n) is 4.82. The number of likely N-dealkylation sites (tertiary alicyclic amines) is 1. The summed E-state index contributed by atoms with van der Waals surface area (Å²) in [6.07, 6.45) is 2.49. The summed E-state index contributed by atoms with van der Waals surface area (Å²) in [6, 6.07) is 0.461. The molecule has 1 heterocycles. The molecule has 0 aromatic heterocycles. The summed E-state index contributed by atoms with van der Waals surface area (Å²) in [5.74, 6) is 2.98. The molecule has 2 saturated carbocycles. The van der Waals surface area contributed by atoms with Crippen LogP contribution in [-0.2, 0) is 0 Å². The molecule has 0 aromatic rings. The summed E-state index contributed by atoms with van der Waals surface area (Å²) in [6.45, 7) is 2.15. The van der Waals surface area contributed by atoms with E-state index in [9.17, 15) is 5.11 Å². The number of aliphatic hydroxyl groups excluding tert-OH is 1. The Bertz CT molecular complexity index is 221. The Morgan fingerprint density at radius 2 is 2.15 bits per heavy atom. The highest BCUT2D eigenvalue weighted by Gasteiger charge is 2.58. The predicted octanol–water partition coefficient (Wildman–Crippen LogP) is 0.926. The molecular weight excluding hydrogens is 186 g/mol. The van der Waals surface area contributed by atoms with Gasteiger partial charge < -0.3 is 5.11 Å². The number of halogens is 1. The van der Waals surface area contributed by atoms with E-state index in [4.69, 9.17) is 11.6 Å². The first-order chi connectivity index (χ1) is 6.31. The minimum Gasteiger partial charge on any atom is -0.391 e. The average Bonchev–Trinajstić information content (AvgIpc) is 2.65. The third-order valence-corrected chi connectivity index (χ3v) is 4.49. The highest BCUT2D eigenvalue weighted by atomic mass is 35.5. The summed E-state index contributed by atoms with van der Waals surface area (Å²) in [7, 11) is 0. The Morgan fingerprint density at radius 1 is 1.31 bits per heavy atom. The Kier molecular flexibility index (Phi) is 1.87. The maximum atomic E-state index is 10.0. The lowest BCUT2D eigenvalue weighted by molar-refractivity contribution is 0.0532. The minimum atomic E-state index is -0.0491. The fourth-order valence-corrected chi connectivity index (χ4v) is 4.12. The van der Waals surface area contributed by atoms with Gasteiger partial charge >= 0.3 is 0 Å². The maximum Gasteiger partial charge on any atom is 0.0726 e. The van der Waals surface area contributed by atoms with Gasteiger partial charge in [-0.05, 0) is 30.6 Å². The van der Waals surface area contributed by atoms with Crippen molar-refractivity contribution in [3.8, 4) is 0 Å². The standard InChI is InChI=1S/C10H16ClNO/c11-1-2-12-5-7-3-6-4-8(7)9(12)10(6)13/h6-10,13H,1-5H2. The molecule has 5 unspecified atom stereocenters. The molecule has 3 rings (SSSR count). The summed E-state index contributed by atoms with van der Waals surface area (Å²) in [5, 5.41) is 10.0. The van der Waals surface area contributed by atoms with E-state index in [1.807, 2.05) is 0 Å². The van der Waals surface area contributed by atoms with Gasteiger partial charge in [0.2, 0.25) is 0 Å². The molecule has 1 aliphatic heterocycles. The van der Waals surface area contributed by atoms with E-state index in [-0.39, 0.29) is 6.10 Å². The summed E-state index contributed by atoms with van der Waals surface area (Å²) in [5.41, 5.74) is 0. The molecule has 3 aliphatic rings. The fraction of sp³-hybridized carbons (Fsp3) is 1.00. The van der Waals surface area contributed by atoms with E-state index >= 15 is 0 Å². The molecule has 5 atom stereocenters. The van der Waals surface area contributed by atoms with Gasteiger partial charge in [0.25, 0.3) is 0 Å². The smallest absolute Gasteiger partial charge is 0.0726 e. The molecule has 2 bridgehead atoms. The van der Waals surface area contributed by atoms with Crippen LogP contribution in [0, 0.1) is 17.8 Å². The zero-order chi connectivity index (χ0) is 9.00. The van der Waals surface area contributed by atoms with Crippen LogP contribution in [0.15, 0.2) is 0 Å². The second-order valence-corrected chi connectivity index (χ2v) is 5.20. The third-order valence-electron chi connectivity index (χ3n) is 4.32. The fourth-order valence-electron chi connectivity index (χ4n) is 3.90. The summed E-state index contributed by atoms with van der Waals surface area (Å²) >= 11 is 5.76. The molecular formula is C10H16ClNO. The molecule has 0 radical (unpaired) electrons. The van der Waals surface area contributed by atoms with Gasteiger partial charge in [-0.3, -0.25) is 4.90 Å². The largest absolute Gasteiger partial charge is 0.391 e. The Labute approximate surface area is 83.9 Å². The van der Waals surface area contributed by atoms with Crippen molar-refractivity contribution in [3.05, 3.63) is 0 Å². The zero-order valence-electron chi connectivity index (χ0n) is 7.69. The van der Waals surface area contributed by atoms with Crippen LogP contribution in [0.2, 0.25) is 0 Å². The second kappa shape index (κ2) is 2.85. The molecule has 74 valence electrons. The van der Waals surface area contributed by atoms with Crippen LogP contribution in [0.5, 0.6) is 0 Å². The number of fused-ring (bicyclic) bond motifs is 1. The number of rotatable bonds is 2. The first-order valence-corrected chi connectivity index (χ1v) is 5.83. The van der Waals surface area contributed by atoms with Gasteiger partial charge in [-0.2, -0.15) is 0 Å². The highest BCUT2D eigenvalue weighted by molar-refractivity contribution is 6.18. The predicted molar refractivity (Wildman–Crippen MR) is 51.8 cm³/mol. The van der Waals surface area contributed by atoms with Gasteiger partial charge in [0.1, 0.15) is 0 Å². The van der Waals surface area contributed by atoms with Gasteiger partial charge in [-0.1, -0.05) is 0 Å². The van der Waals surface area contributed by atoms with Crippen LogP contribution in [0.1, 0.15) is 12.8 Å². The van der Waals surface area contributed by atoms with E-state index in [2.05, 4.69) is 4.90 Å². The van der Waals surface area contributed by atoms with Gasteiger partial charge in [-0.15, -0.1) is 11.6 Å². The van der Waals surface area contributed by atoms with Crippen molar-refractivity contribution in [1.29, 1.82) is 0 Å². The molecule has 13 heavy (non-hydrogen) atoms. The molecule has 2 nitrogen and oxygen atoms in total. The summed E-state index contributed by atoms with van der Waals surface area (Å²) < 4.78 is 0. The van der Waals surface area contributed by atoms with E-state index in [1.54, 1.807) is 0 Å². The molecule has 0 amide bonds. The minimum absolute atomic E-state index is 0.0491. The van der Waals surface area contributed by atoms with Crippen molar-refractivity contribution in [2.24, 2.45) is 17.8 Å². The number of hydrogen-bond donors (Lipinski definition) is 1. The first kappa shape index (κ1) is 8.51. The van der Waals surface area contributed by atoms with Gasteiger partial charge in [0.05, 0.1) is 6.10 Å². The van der Waals surface area contributed by atoms with Crippen molar-refractivity contribution in [1.82, 2.24) is 4.90 Å². The third kappa shape index (κ3) is 1.03. The first-order valence-electron chi connectivity index (χ1n) is 5.29. The van der Waals surface area contributed by atoms with Gasteiger partial charge in [0, 0.05) is 25.0 Å². The van der Waals surface area contributed by atoms with Crippen LogP contribution in [-0.4, -0.2) is 41.1 Å². The molecule has 3 fully saturated rings. The van der Waals surface area contributed by atoms with E-state index in [1.165, 1.54) is 19.4 Å². The van der Waals surface area contributed by atoms with Crippen molar-refractivity contribution in [2.75, 3.05) is 19.0 Å². The van der Waals surface area contributed by atoms with Crippen LogP contribution in [0.4, 0.5) is 0 Å². The van der Waals surface area contributed by atoms with Crippen molar-refractivity contribution in [3.63, 3.8) is 0 Å². The zero-order valence-corrected chi connectivity index (χ0v) is 8.45. The molecule has 1 N–H and O–H groups in total. The lowest BCUT2D eigenvalue weighted by atomic mass is 9.88. The Hall–Kier alpha value is 0.210. The Morgan fingerprint density at radius 3 is 2.85 bits per heavy atom. The number of hydrogen-bond acceptors (Lipinski definition) is 2.